The fourth-order valence-electron chi connectivity index (χ4n) is 2.18. The lowest BCUT2D eigenvalue weighted by Gasteiger charge is -2.12. The second kappa shape index (κ2) is 8.39. The van der Waals surface area contributed by atoms with Crippen LogP contribution in [0.25, 0.3) is 0 Å². The molecule has 2 rings (SSSR count). The average molecular weight is 361 g/mol. The number of nitrogens with one attached hydrogen (secondary N) is 2. The average Bonchev–Trinajstić information content (AvgIpc) is 2.96. The first-order chi connectivity index (χ1) is 11.9. The van der Waals surface area contributed by atoms with Crippen LogP contribution in [-0.4, -0.2) is 34.4 Å². The minimum Gasteiger partial charge on any atom is -0.477 e. The highest BCUT2D eigenvalue weighted by Crippen LogP contribution is 2.23. The minimum atomic E-state index is -1.03. The number of amides is 2. The summed E-state index contributed by atoms with van der Waals surface area (Å²) >= 11 is 1.03. The molecule has 2 amide bonds. The number of carboxylic acid groups (broad SMARTS) is 1. The van der Waals surface area contributed by atoms with Crippen LogP contribution < -0.4 is 10.6 Å². The van der Waals surface area contributed by atoms with Crippen molar-refractivity contribution >= 4 is 29.1 Å². The number of rotatable bonds is 7. The molecule has 0 aliphatic carbocycles. The first-order valence-corrected chi connectivity index (χ1v) is 8.49. The van der Waals surface area contributed by atoms with Crippen molar-refractivity contribution in [2.24, 2.45) is 0 Å². The molecule has 0 aliphatic rings. The van der Waals surface area contributed by atoms with Crippen LogP contribution in [0.3, 0.4) is 0 Å². The van der Waals surface area contributed by atoms with Crippen LogP contribution in [0.4, 0.5) is 0 Å². The number of aromatic nitrogens is 1. The fourth-order valence-corrected chi connectivity index (χ4v) is 3.09. The Morgan fingerprint density at radius 1 is 1.20 bits per heavy atom. The molecule has 2 aromatic rings. The molecule has 1 atom stereocenters. The summed E-state index contributed by atoms with van der Waals surface area (Å²) in [6.45, 7) is 3.18. The van der Waals surface area contributed by atoms with E-state index in [-0.39, 0.29) is 29.7 Å². The molecule has 7 nitrogen and oxygen atoms in total. The van der Waals surface area contributed by atoms with Gasteiger partial charge in [0.15, 0.2) is 0 Å². The van der Waals surface area contributed by atoms with E-state index in [1.807, 2.05) is 30.3 Å². The normalized spacial score (nSPS) is 11.6. The number of aryl methyl sites for hydroxylation is 1. The third-order valence-electron chi connectivity index (χ3n) is 3.41. The number of carbonyl (C=O) groups excluding carboxylic acids is 2. The zero-order valence-electron chi connectivity index (χ0n) is 13.9. The molecule has 0 saturated heterocycles. The maximum absolute atomic E-state index is 11.9. The molecule has 25 heavy (non-hydrogen) atoms. The number of benzene rings is 1. The zero-order chi connectivity index (χ0) is 18.4. The third-order valence-corrected chi connectivity index (χ3v) is 4.74. The van der Waals surface area contributed by atoms with Crippen LogP contribution in [0, 0.1) is 6.92 Å². The monoisotopic (exact) mass is 361 g/mol. The number of aromatic carboxylic acids is 1. The van der Waals surface area contributed by atoms with Crippen molar-refractivity contribution in [1.82, 2.24) is 15.6 Å². The second-order valence-corrected chi connectivity index (χ2v) is 6.53. The van der Waals surface area contributed by atoms with Gasteiger partial charge in [0.25, 0.3) is 0 Å². The Hall–Kier alpha value is -2.74. The Kier molecular flexibility index (Phi) is 6.24. The van der Waals surface area contributed by atoms with Gasteiger partial charge in [0.05, 0.1) is 24.7 Å². The third kappa shape index (κ3) is 5.39. The molecule has 8 heteroatoms. The Morgan fingerprint density at radius 3 is 2.48 bits per heavy atom. The van der Waals surface area contributed by atoms with Gasteiger partial charge < -0.3 is 15.7 Å². The summed E-state index contributed by atoms with van der Waals surface area (Å²) in [4.78, 5) is 39.1. The van der Waals surface area contributed by atoms with Gasteiger partial charge in [0, 0.05) is 0 Å². The van der Waals surface area contributed by atoms with E-state index >= 15 is 0 Å². The zero-order valence-corrected chi connectivity index (χ0v) is 14.7. The molecule has 1 heterocycles. The van der Waals surface area contributed by atoms with Crippen molar-refractivity contribution in [1.29, 1.82) is 0 Å². The first-order valence-electron chi connectivity index (χ1n) is 7.67. The molecule has 1 aromatic heterocycles. The van der Waals surface area contributed by atoms with Gasteiger partial charge in [-0.1, -0.05) is 30.3 Å². The number of hydrogen-bond acceptors (Lipinski definition) is 5. The van der Waals surface area contributed by atoms with Crippen LogP contribution in [0.2, 0.25) is 0 Å². The lowest BCUT2D eigenvalue weighted by Crippen LogP contribution is -2.38. The van der Waals surface area contributed by atoms with Gasteiger partial charge in [-0.3, -0.25) is 9.59 Å². The van der Waals surface area contributed by atoms with Crippen molar-refractivity contribution < 1.29 is 19.5 Å². The summed E-state index contributed by atoms with van der Waals surface area (Å²) in [5, 5.41) is 14.8. The summed E-state index contributed by atoms with van der Waals surface area (Å²) in [5.41, 5.74) is 1.29. The molecule has 1 unspecified atom stereocenters. The maximum Gasteiger partial charge on any atom is 0.347 e. The number of carboxylic acids is 1. The van der Waals surface area contributed by atoms with Gasteiger partial charge in [-0.25, -0.2) is 9.78 Å². The van der Waals surface area contributed by atoms with Gasteiger partial charge in [-0.15, -0.1) is 11.3 Å². The van der Waals surface area contributed by atoms with Gasteiger partial charge in [0.2, 0.25) is 11.8 Å². The number of hydrogen-bond donors (Lipinski definition) is 3. The predicted octanol–water partition coefficient (Wildman–Crippen LogP) is 1.69. The summed E-state index contributed by atoms with van der Waals surface area (Å²) in [6, 6.07) is 8.80. The molecule has 0 aliphatic heterocycles. The molecule has 0 spiro atoms. The van der Waals surface area contributed by atoms with E-state index in [1.54, 1.807) is 13.8 Å². The van der Waals surface area contributed by atoms with E-state index in [1.165, 1.54) is 0 Å². The summed E-state index contributed by atoms with van der Waals surface area (Å²) in [7, 11) is 0. The minimum absolute atomic E-state index is 0.147. The van der Waals surface area contributed by atoms with Gasteiger partial charge in [0.1, 0.15) is 9.88 Å². The van der Waals surface area contributed by atoms with E-state index in [9.17, 15) is 14.4 Å². The predicted molar refractivity (Wildman–Crippen MR) is 93.5 cm³/mol. The van der Waals surface area contributed by atoms with Crippen molar-refractivity contribution in [3.05, 3.63) is 51.5 Å². The van der Waals surface area contributed by atoms with Crippen molar-refractivity contribution in [2.75, 3.05) is 6.54 Å². The van der Waals surface area contributed by atoms with Gasteiger partial charge >= 0.3 is 5.97 Å². The largest absolute Gasteiger partial charge is 0.477 e. The van der Waals surface area contributed by atoms with Crippen molar-refractivity contribution in [2.45, 2.75) is 26.3 Å². The van der Waals surface area contributed by atoms with Gasteiger partial charge in [-0.05, 0) is 19.4 Å². The topological polar surface area (TPSA) is 108 Å². The van der Waals surface area contributed by atoms with Crippen LogP contribution in [0.5, 0.6) is 0 Å². The molecule has 1 aromatic carbocycles. The smallest absolute Gasteiger partial charge is 0.347 e. The van der Waals surface area contributed by atoms with Crippen molar-refractivity contribution in [3.63, 3.8) is 0 Å². The number of nitrogens with zero attached hydrogens (tertiary/aromatic N) is 1. The lowest BCUT2D eigenvalue weighted by molar-refractivity contribution is -0.126. The molecule has 132 valence electrons. The Labute approximate surface area is 149 Å². The fraction of sp³-hybridized carbons (Fsp3) is 0.294. The van der Waals surface area contributed by atoms with E-state index in [2.05, 4.69) is 15.6 Å². The summed E-state index contributed by atoms with van der Waals surface area (Å²) < 4.78 is 0. The highest BCUT2D eigenvalue weighted by atomic mass is 32.1. The van der Waals surface area contributed by atoms with E-state index in [4.69, 9.17) is 5.11 Å². The Bertz CT molecular complexity index is 773. The highest BCUT2D eigenvalue weighted by molar-refractivity contribution is 7.13. The maximum atomic E-state index is 11.9. The van der Waals surface area contributed by atoms with Gasteiger partial charge in [-0.2, -0.15) is 0 Å². The molecule has 0 bridgehead atoms. The molecule has 0 saturated carbocycles. The van der Waals surface area contributed by atoms with E-state index in [0.717, 1.165) is 16.9 Å². The van der Waals surface area contributed by atoms with E-state index < -0.39 is 12.0 Å². The molecule has 0 fully saturated rings. The van der Waals surface area contributed by atoms with Crippen LogP contribution >= 0.6 is 11.3 Å². The number of carbonyl (C=O) groups is 3. The van der Waals surface area contributed by atoms with Crippen LogP contribution in [-0.2, 0) is 16.0 Å². The molecule has 3 N–H and O–H groups in total. The summed E-state index contributed by atoms with van der Waals surface area (Å²) in [5.74, 6) is -1.64. The Morgan fingerprint density at radius 2 is 1.88 bits per heavy atom. The van der Waals surface area contributed by atoms with Crippen molar-refractivity contribution in [3.8, 4) is 0 Å². The van der Waals surface area contributed by atoms with Crippen LogP contribution in [0.1, 0.15) is 38.9 Å². The highest BCUT2D eigenvalue weighted by Gasteiger charge is 2.19. The SMILES string of the molecule is Cc1nc(C(C)NC(=O)CNC(=O)Cc2ccccc2)sc1C(=O)O. The molecule has 0 radical (unpaired) electrons. The standard InChI is InChI=1S/C17H19N3O4S/c1-10-15(17(23)24)25-16(20-10)11(2)19-14(22)9-18-13(21)8-12-6-4-3-5-7-12/h3-7,11H,8-9H2,1-2H3,(H,18,21)(H,19,22)(H,23,24). The number of thiazole rings is 1. The first kappa shape index (κ1) is 18.6. The second-order valence-electron chi connectivity index (χ2n) is 5.50. The summed E-state index contributed by atoms with van der Waals surface area (Å²) in [6.07, 6.45) is 0.206. The van der Waals surface area contributed by atoms with Crippen LogP contribution in [0.15, 0.2) is 30.3 Å². The Balaban J connectivity index is 1.82. The lowest BCUT2D eigenvalue weighted by atomic mass is 10.1. The molecular formula is C17H19N3O4S. The quantitative estimate of drug-likeness (QED) is 0.695. The van der Waals surface area contributed by atoms with E-state index in [0.29, 0.717) is 10.7 Å². The molecular weight excluding hydrogens is 342 g/mol.